The molecule has 1 aromatic heterocycles. The molecule has 0 bridgehead atoms. The van der Waals surface area contributed by atoms with Crippen LogP contribution >= 0.6 is 0 Å². The van der Waals surface area contributed by atoms with Crippen molar-refractivity contribution in [1.29, 1.82) is 0 Å². The summed E-state index contributed by atoms with van der Waals surface area (Å²) in [6.45, 7) is 6.53. The van der Waals surface area contributed by atoms with Crippen molar-refractivity contribution in [2.45, 2.75) is 52.5 Å². The smallest absolute Gasteiger partial charge is 0.305 e. The minimum Gasteiger partial charge on any atom is -0.466 e. The Bertz CT molecular complexity index is 1350. The predicted molar refractivity (Wildman–Crippen MR) is 152 cm³/mol. The van der Waals surface area contributed by atoms with Crippen LogP contribution in [-0.2, 0) is 9.53 Å². The SMILES string of the molecule is CCOC(=O)CCCC(=O)c1ccc(N[C@H](c2ccc(-c3noc(-c4ccccc4)n3)cc2)C(C)CC)cc1. The average molecular weight is 526 g/mol. The number of ether oxygens (including phenoxy) is 1. The molecule has 4 aromatic rings. The summed E-state index contributed by atoms with van der Waals surface area (Å²) in [4.78, 5) is 28.6. The van der Waals surface area contributed by atoms with Gasteiger partial charge < -0.3 is 14.6 Å². The van der Waals surface area contributed by atoms with Crippen LogP contribution in [0.4, 0.5) is 5.69 Å². The monoisotopic (exact) mass is 525 g/mol. The summed E-state index contributed by atoms with van der Waals surface area (Å²) in [6, 6.07) is 25.6. The molecule has 1 unspecified atom stereocenters. The number of benzene rings is 3. The van der Waals surface area contributed by atoms with Gasteiger partial charge in [0.25, 0.3) is 5.89 Å². The van der Waals surface area contributed by atoms with E-state index in [-0.39, 0.29) is 24.2 Å². The van der Waals surface area contributed by atoms with Crippen LogP contribution in [0.1, 0.15) is 68.4 Å². The minimum absolute atomic E-state index is 0.0248. The van der Waals surface area contributed by atoms with Crippen molar-refractivity contribution >= 4 is 17.4 Å². The number of nitrogens with zero attached hydrogens (tertiary/aromatic N) is 2. The van der Waals surface area contributed by atoms with Crippen molar-refractivity contribution in [3.8, 4) is 22.8 Å². The van der Waals surface area contributed by atoms with Crippen molar-refractivity contribution in [3.63, 3.8) is 0 Å². The van der Waals surface area contributed by atoms with Gasteiger partial charge in [0.1, 0.15) is 0 Å². The van der Waals surface area contributed by atoms with Gasteiger partial charge in [-0.1, -0.05) is 67.9 Å². The number of rotatable bonds is 13. The van der Waals surface area contributed by atoms with Gasteiger partial charge in [0.15, 0.2) is 5.78 Å². The lowest BCUT2D eigenvalue weighted by atomic mass is 9.91. The summed E-state index contributed by atoms with van der Waals surface area (Å²) < 4.78 is 10.4. The van der Waals surface area contributed by atoms with E-state index in [1.54, 1.807) is 6.92 Å². The van der Waals surface area contributed by atoms with Gasteiger partial charge in [0.05, 0.1) is 12.6 Å². The fraction of sp³-hybridized carbons (Fsp3) is 0.312. The van der Waals surface area contributed by atoms with E-state index in [0.29, 0.717) is 42.6 Å². The molecule has 1 heterocycles. The van der Waals surface area contributed by atoms with Gasteiger partial charge in [-0.2, -0.15) is 4.98 Å². The summed E-state index contributed by atoms with van der Waals surface area (Å²) in [5, 5.41) is 7.81. The average Bonchev–Trinajstić information content (AvgIpc) is 3.47. The second kappa shape index (κ2) is 13.5. The highest BCUT2D eigenvalue weighted by Crippen LogP contribution is 2.31. The van der Waals surface area contributed by atoms with Gasteiger partial charge in [0, 0.05) is 35.2 Å². The first-order valence-corrected chi connectivity index (χ1v) is 13.5. The number of nitrogens with one attached hydrogen (secondary N) is 1. The van der Waals surface area contributed by atoms with Gasteiger partial charge in [-0.15, -0.1) is 0 Å². The zero-order chi connectivity index (χ0) is 27.6. The summed E-state index contributed by atoms with van der Waals surface area (Å²) in [5.41, 5.74) is 4.51. The number of hydrogen-bond donors (Lipinski definition) is 1. The normalized spacial score (nSPS) is 12.5. The molecular formula is C32H35N3O4. The van der Waals surface area contributed by atoms with E-state index >= 15 is 0 Å². The quantitative estimate of drug-likeness (QED) is 0.142. The molecule has 202 valence electrons. The van der Waals surface area contributed by atoms with Gasteiger partial charge in [-0.25, -0.2) is 0 Å². The number of anilines is 1. The van der Waals surface area contributed by atoms with E-state index in [4.69, 9.17) is 9.26 Å². The number of carbonyl (C=O) groups excluding carboxylic acids is 2. The fourth-order valence-electron chi connectivity index (χ4n) is 4.37. The molecule has 0 saturated heterocycles. The Morgan fingerprint density at radius 3 is 2.28 bits per heavy atom. The molecule has 3 aromatic carbocycles. The maximum absolute atomic E-state index is 12.5. The Balaban J connectivity index is 1.41. The van der Waals surface area contributed by atoms with Crippen LogP contribution in [0.2, 0.25) is 0 Å². The second-order valence-electron chi connectivity index (χ2n) is 9.58. The second-order valence-corrected chi connectivity index (χ2v) is 9.58. The Morgan fingerprint density at radius 1 is 0.897 bits per heavy atom. The number of ketones is 1. The Kier molecular flexibility index (Phi) is 9.62. The molecule has 39 heavy (non-hydrogen) atoms. The number of aromatic nitrogens is 2. The molecule has 0 radical (unpaired) electrons. The first kappa shape index (κ1) is 27.8. The molecular weight excluding hydrogens is 490 g/mol. The lowest BCUT2D eigenvalue weighted by molar-refractivity contribution is -0.143. The fourth-order valence-corrected chi connectivity index (χ4v) is 4.37. The Labute approximate surface area is 229 Å². The van der Waals surface area contributed by atoms with E-state index in [9.17, 15) is 9.59 Å². The van der Waals surface area contributed by atoms with E-state index in [2.05, 4.69) is 41.4 Å². The van der Waals surface area contributed by atoms with E-state index in [0.717, 1.165) is 28.8 Å². The number of carbonyl (C=O) groups is 2. The molecule has 0 amide bonds. The minimum atomic E-state index is -0.261. The molecule has 7 nitrogen and oxygen atoms in total. The van der Waals surface area contributed by atoms with Gasteiger partial charge in [-0.3, -0.25) is 9.59 Å². The van der Waals surface area contributed by atoms with E-state index < -0.39 is 0 Å². The molecule has 4 rings (SSSR count). The highest BCUT2D eigenvalue weighted by molar-refractivity contribution is 5.96. The van der Waals surface area contributed by atoms with Crippen molar-refractivity contribution in [3.05, 3.63) is 90.0 Å². The third kappa shape index (κ3) is 7.41. The Morgan fingerprint density at radius 2 is 1.62 bits per heavy atom. The van der Waals surface area contributed by atoms with E-state index in [1.165, 1.54) is 0 Å². The lowest BCUT2D eigenvalue weighted by Crippen LogP contribution is -2.18. The van der Waals surface area contributed by atoms with Crippen molar-refractivity contribution in [1.82, 2.24) is 10.1 Å². The summed E-state index contributed by atoms with van der Waals surface area (Å²) in [5.74, 6) is 1.18. The highest BCUT2D eigenvalue weighted by atomic mass is 16.5. The lowest BCUT2D eigenvalue weighted by Gasteiger charge is -2.26. The van der Waals surface area contributed by atoms with E-state index in [1.807, 2.05) is 66.7 Å². The molecule has 1 N–H and O–H groups in total. The molecule has 0 aliphatic rings. The number of esters is 1. The first-order valence-electron chi connectivity index (χ1n) is 13.5. The van der Waals surface area contributed by atoms with Gasteiger partial charge in [0.2, 0.25) is 5.82 Å². The molecule has 0 saturated carbocycles. The van der Waals surface area contributed by atoms with Crippen LogP contribution in [0.25, 0.3) is 22.8 Å². The molecule has 0 spiro atoms. The van der Waals surface area contributed by atoms with Crippen LogP contribution in [0.15, 0.2) is 83.4 Å². The molecule has 0 aliphatic carbocycles. The maximum atomic E-state index is 12.5. The molecule has 0 aliphatic heterocycles. The third-order valence-electron chi connectivity index (χ3n) is 6.81. The third-order valence-corrected chi connectivity index (χ3v) is 6.81. The summed E-state index contributed by atoms with van der Waals surface area (Å²) in [7, 11) is 0. The largest absolute Gasteiger partial charge is 0.466 e. The van der Waals surface area contributed by atoms with Crippen LogP contribution in [0.5, 0.6) is 0 Å². The van der Waals surface area contributed by atoms with Crippen molar-refractivity contribution < 1.29 is 18.8 Å². The summed E-state index contributed by atoms with van der Waals surface area (Å²) >= 11 is 0. The molecule has 0 fully saturated rings. The van der Waals surface area contributed by atoms with Crippen LogP contribution < -0.4 is 5.32 Å². The first-order chi connectivity index (χ1) is 19.0. The topological polar surface area (TPSA) is 94.3 Å². The zero-order valence-corrected chi connectivity index (χ0v) is 22.7. The number of hydrogen-bond acceptors (Lipinski definition) is 7. The standard InChI is InChI=1S/C32H35N3O4/c1-4-22(3)30(33-27-20-18-23(19-21-27)28(36)12-9-13-29(37)38-5-2)24-14-16-25(17-15-24)31-34-32(39-35-31)26-10-7-6-8-11-26/h6-8,10-11,14-22,30,33H,4-5,9,12-13H2,1-3H3/t22?,30-/m0/s1. The van der Waals surface area contributed by atoms with Crippen LogP contribution in [0, 0.1) is 5.92 Å². The van der Waals surface area contributed by atoms with Crippen LogP contribution in [0.3, 0.4) is 0 Å². The summed E-state index contributed by atoms with van der Waals surface area (Å²) in [6.07, 6.45) is 2.07. The predicted octanol–water partition coefficient (Wildman–Crippen LogP) is 7.52. The van der Waals surface area contributed by atoms with Crippen molar-refractivity contribution in [2.24, 2.45) is 5.92 Å². The zero-order valence-electron chi connectivity index (χ0n) is 22.7. The maximum Gasteiger partial charge on any atom is 0.305 e. The Hall–Kier alpha value is -4.26. The van der Waals surface area contributed by atoms with Gasteiger partial charge in [-0.05, 0) is 61.2 Å². The van der Waals surface area contributed by atoms with Gasteiger partial charge >= 0.3 is 5.97 Å². The molecule has 7 heteroatoms. The molecule has 2 atom stereocenters. The highest BCUT2D eigenvalue weighted by Gasteiger charge is 2.19. The van der Waals surface area contributed by atoms with Crippen molar-refractivity contribution in [2.75, 3.05) is 11.9 Å². The number of Topliss-reactive ketones (excluding diaryl/α,β-unsaturated/α-hetero) is 1. The van der Waals surface area contributed by atoms with Crippen LogP contribution in [-0.4, -0.2) is 28.5 Å².